The van der Waals surface area contributed by atoms with Crippen LogP contribution >= 0.6 is 11.6 Å². The van der Waals surface area contributed by atoms with Crippen LogP contribution in [0.5, 0.6) is 5.75 Å². The van der Waals surface area contributed by atoms with E-state index in [4.69, 9.17) is 23.1 Å². The summed E-state index contributed by atoms with van der Waals surface area (Å²) >= 11 is 5.51. The summed E-state index contributed by atoms with van der Waals surface area (Å²) in [5.74, 6) is -1.96. The highest BCUT2D eigenvalue weighted by Crippen LogP contribution is 2.34. The second-order valence-corrected chi connectivity index (χ2v) is 3.22. The maximum absolute atomic E-state index is 12.0. The first-order chi connectivity index (χ1) is 7.20. The van der Waals surface area contributed by atoms with Crippen molar-refractivity contribution < 1.29 is 22.7 Å². The van der Waals surface area contributed by atoms with Gasteiger partial charge in [-0.2, -0.15) is 0 Å². The van der Waals surface area contributed by atoms with Crippen molar-refractivity contribution in [2.75, 3.05) is 5.73 Å². The molecule has 0 bridgehead atoms. The van der Waals surface area contributed by atoms with E-state index in [2.05, 4.69) is 4.74 Å². The molecule has 16 heavy (non-hydrogen) atoms. The van der Waals surface area contributed by atoms with Crippen molar-refractivity contribution in [3.05, 3.63) is 22.7 Å². The van der Waals surface area contributed by atoms with Crippen LogP contribution in [-0.4, -0.2) is 12.3 Å². The Morgan fingerprint density at radius 2 is 1.94 bits per heavy atom. The number of hydrogen-bond acceptors (Lipinski definition) is 3. The van der Waals surface area contributed by atoms with Gasteiger partial charge < -0.3 is 16.2 Å². The van der Waals surface area contributed by atoms with E-state index in [1.54, 1.807) is 0 Å². The van der Waals surface area contributed by atoms with Crippen molar-refractivity contribution in [2.45, 2.75) is 6.36 Å². The number of nitrogens with two attached hydrogens (primary N) is 2. The number of primary amides is 1. The minimum absolute atomic E-state index is 0.0131. The third-order valence-electron chi connectivity index (χ3n) is 1.57. The average Bonchev–Trinajstić information content (AvgIpc) is 2.07. The smallest absolute Gasteiger partial charge is 0.403 e. The predicted molar refractivity (Wildman–Crippen MR) is 51.1 cm³/mol. The molecule has 0 unspecified atom stereocenters. The first kappa shape index (κ1) is 12.4. The lowest BCUT2D eigenvalue weighted by Gasteiger charge is -2.14. The lowest BCUT2D eigenvalue weighted by atomic mass is 10.1. The molecule has 8 heteroatoms. The quantitative estimate of drug-likeness (QED) is 0.792. The normalized spacial score (nSPS) is 11.2. The fourth-order valence-electron chi connectivity index (χ4n) is 1.03. The predicted octanol–water partition coefficient (Wildman–Crippen LogP) is 1.92. The van der Waals surface area contributed by atoms with E-state index in [0.717, 1.165) is 12.1 Å². The van der Waals surface area contributed by atoms with Crippen LogP contribution in [0.1, 0.15) is 10.4 Å². The van der Waals surface area contributed by atoms with Crippen molar-refractivity contribution in [2.24, 2.45) is 5.73 Å². The molecule has 1 aromatic rings. The number of carbonyl (C=O) groups is 1. The molecule has 0 atom stereocenters. The van der Waals surface area contributed by atoms with Gasteiger partial charge in [0.2, 0.25) is 0 Å². The van der Waals surface area contributed by atoms with Crippen LogP contribution in [0.15, 0.2) is 12.1 Å². The van der Waals surface area contributed by atoms with Gasteiger partial charge in [0.15, 0.2) is 5.75 Å². The van der Waals surface area contributed by atoms with E-state index >= 15 is 0 Å². The molecule has 4 N–H and O–H groups in total. The molecule has 0 aromatic heterocycles. The number of benzene rings is 1. The van der Waals surface area contributed by atoms with E-state index in [9.17, 15) is 18.0 Å². The molecule has 0 aliphatic heterocycles. The number of anilines is 1. The summed E-state index contributed by atoms with van der Waals surface area (Å²) < 4.78 is 39.6. The van der Waals surface area contributed by atoms with Crippen LogP contribution in [0, 0.1) is 0 Å². The van der Waals surface area contributed by atoms with Gasteiger partial charge in [-0.3, -0.25) is 4.79 Å². The molecule has 0 radical (unpaired) electrons. The van der Waals surface area contributed by atoms with E-state index in [-0.39, 0.29) is 5.02 Å². The van der Waals surface area contributed by atoms with E-state index in [1.165, 1.54) is 0 Å². The Labute approximate surface area is 92.9 Å². The first-order valence-corrected chi connectivity index (χ1v) is 4.23. The topological polar surface area (TPSA) is 78.3 Å². The van der Waals surface area contributed by atoms with Gasteiger partial charge in [-0.15, -0.1) is 13.2 Å². The molecule has 0 saturated carbocycles. The number of hydrogen-bond donors (Lipinski definition) is 2. The lowest BCUT2D eigenvalue weighted by molar-refractivity contribution is -0.274. The lowest BCUT2D eigenvalue weighted by Crippen LogP contribution is -2.22. The van der Waals surface area contributed by atoms with Gasteiger partial charge in [0.25, 0.3) is 5.91 Å². The average molecular weight is 255 g/mol. The SMILES string of the molecule is NC(=O)c1cc(Cl)cc(N)c1OC(F)(F)F. The second-order valence-electron chi connectivity index (χ2n) is 2.78. The summed E-state index contributed by atoms with van der Waals surface area (Å²) in [5.41, 5.74) is 9.18. The van der Waals surface area contributed by atoms with Gasteiger partial charge >= 0.3 is 6.36 Å². The standard InChI is InChI=1S/C8H6ClF3N2O2/c9-3-1-4(7(14)15)6(5(13)2-3)16-8(10,11)12/h1-2H,13H2,(H2,14,15). The zero-order chi connectivity index (χ0) is 12.5. The van der Waals surface area contributed by atoms with Gasteiger partial charge in [0.1, 0.15) is 0 Å². The number of ether oxygens (including phenoxy) is 1. The molecule has 0 fully saturated rings. The summed E-state index contributed by atoms with van der Waals surface area (Å²) in [6.45, 7) is 0. The summed E-state index contributed by atoms with van der Waals surface area (Å²) in [6.07, 6.45) is -4.97. The summed E-state index contributed by atoms with van der Waals surface area (Å²) in [5, 5.41) is -0.0131. The molecule has 1 amide bonds. The van der Waals surface area contributed by atoms with E-state index < -0.39 is 29.3 Å². The highest BCUT2D eigenvalue weighted by atomic mass is 35.5. The third-order valence-corrected chi connectivity index (χ3v) is 1.78. The van der Waals surface area contributed by atoms with Crippen molar-refractivity contribution in [1.29, 1.82) is 0 Å². The molecule has 1 aromatic carbocycles. The van der Waals surface area contributed by atoms with Crippen LogP contribution in [0.2, 0.25) is 5.02 Å². The zero-order valence-corrected chi connectivity index (χ0v) is 8.39. The summed E-state index contributed by atoms with van der Waals surface area (Å²) in [6, 6.07) is 1.97. The Balaban J connectivity index is 3.30. The van der Waals surface area contributed by atoms with Crippen molar-refractivity contribution in [1.82, 2.24) is 0 Å². The van der Waals surface area contributed by atoms with E-state index in [1.807, 2.05) is 0 Å². The number of alkyl halides is 3. The molecular formula is C8H6ClF3N2O2. The largest absolute Gasteiger partial charge is 0.573 e. The second kappa shape index (κ2) is 4.09. The fraction of sp³-hybridized carbons (Fsp3) is 0.125. The Kier molecular flexibility index (Phi) is 3.18. The minimum Gasteiger partial charge on any atom is -0.403 e. The van der Waals surface area contributed by atoms with Gasteiger partial charge in [-0.25, -0.2) is 0 Å². The molecule has 0 aliphatic rings. The van der Waals surface area contributed by atoms with Crippen LogP contribution in [0.4, 0.5) is 18.9 Å². The van der Waals surface area contributed by atoms with Crippen LogP contribution in [0.25, 0.3) is 0 Å². The van der Waals surface area contributed by atoms with Crippen molar-refractivity contribution >= 4 is 23.2 Å². The molecule has 1 rings (SSSR count). The van der Waals surface area contributed by atoms with Crippen molar-refractivity contribution in [3.8, 4) is 5.75 Å². The zero-order valence-electron chi connectivity index (χ0n) is 7.64. The molecule has 88 valence electrons. The summed E-state index contributed by atoms with van der Waals surface area (Å²) in [4.78, 5) is 10.9. The molecular weight excluding hydrogens is 249 g/mol. The molecule has 0 spiro atoms. The highest BCUT2D eigenvalue weighted by molar-refractivity contribution is 6.31. The molecule has 0 aliphatic carbocycles. The fourth-order valence-corrected chi connectivity index (χ4v) is 1.25. The van der Waals surface area contributed by atoms with Gasteiger partial charge in [0, 0.05) is 5.02 Å². The first-order valence-electron chi connectivity index (χ1n) is 3.85. The number of halogens is 4. The molecule has 4 nitrogen and oxygen atoms in total. The van der Waals surface area contributed by atoms with Gasteiger partial charge in [-0.1, -0.05) is 11.6 Å². The van der Waals surface area contributed by atoms with Gasteiger partial charge in [0.05, 0.1) is 11.3 Å². The van der Waals surface area contributed by atoms with Crippen LogP contribution in [-0.2, 0) is 0 Å². The monoisotopic (exact) mass is 254 g/mol. The Hall–Kier alpha value is -1.63. The maximum atomic E-state index is 12.0. The number of amides is 1. The van der Waals surface area contributed by atoms with Crippen molar-refractivity contribution in [3.63, 3.8) is 0 Å². The number of carbonyl (C=O) groups excluding carboxylic acids is 1. The molecule has 0 heterocycles. The maximum Gasteiger partial charge on any atom is 0.573 e. The minimum atomic E-state index is -4.97. The Morgan fingerprint density at radius 3 is 2.38 bits per heavy atom. The Bertz CT molecular complexity index is 434. The van der Waals surface area contributed by atoms with Crippen LogP contribution in [0.3, 0.4) is 0 Å². The number of nitrogen functional groups attached to an aromatic ring is 1. The molecule has 0 saturated heterocycles. The van der Waals surface area contributed by atoms with Gasteiger partial charge in [-0.05, 0) is 12.1 Å². The Morgan fingerprint density at radius 1 is 1.38 bits per heavy atom. The highest BCUT2D eigenvalue weighted by Gasteiger charge is 2.34. The van der Waals surface area contributed by atoms with Crippen LogP contribution < -0.4 is 16.2 Å². The number of rotatable bonds is 2. The van der Waals surface area contributed by atoms with E-state index in [0.29, 0.717) is 0 Å². The summed E-state index contributed by atoms with van der Waals surface area (Å²) in [7, 11) is 0. The third kappa shape index (κ3) is 2.93.